The number of halogens is 3. The molecule has 3 aliphatic carbocycles. The number of alkyl halides is 3. The Morgan fingerprint density at radius 2 is 1.86 bits per heavy atom. The predicted molar refractivity (Wildman–Crippen MR) is 128 cm³/mol. The Hall–Kier alpha value is -3.02. The van der Waals surface area contributed by atoms with Gasteiger partial charge < -0.3 is 16.2 Å². The molecule has 1 saturated carbocycles. The van der Waals surface area contributed by atoms with Crippen LogP contribution >= 0.6 is 0 Å². The van der Waals surface area contributed by atoms with Crippen molar-refractivity contribution in [3.8, 4) is 0 Å². The van der Waals surface area contributed by atoms with Crippen molar-refractivity contribution in [1.82, 2.24) is 9.78 Å². The van der Waals surface area contributed by atoms with Crippen molar-refractivity contribution in [1.29, 1.82) is 0 Å². The molecule has 202 valence electrons. The van der Waals surface area contributed by atoms with Crippen molar-refractivity contribution in [2.24, 2.45) is 27.8 Å². The maximum Gasteiger partial charge on any atom is 0.435 e. The number of esters is 1. The molecule has 3 aliphatic rings. The molecule has 4 rings (SSSR count). The summed E-state index contributed by atoms with van der Waals surface area (Å²) in [5, 5.41) is 3.87. The van der Waals surface area contributed by atoms with Gasteiger partial charge in [0.25, 0.3) is 0 Å². The van der Waals surface area contributed by atoms with E-state index in [9.17, 15) is 27.6 Å². The molecule has 0 aromatic carbocycles. The predicted octanol–water partition coefficient (Wildman–Crippen LogP) is 3.05. The van der Waals surface area contributed by atoms with E-state index in [2.05, 4.69) is 5.10 Å². The first-order valence-electron chi connectivity index (χ1n) is 12.5. The van der Waals surface area contributed by atoms with Gasteiger partial charge in [-0.05, 0) is 56.4 Å². The lowest BCUT2D eigenvalue weighted by atomic mass is 9.75. The summed E-state index contributed by atoms with van der Waals surface area (Å²) < 4.78 is 48.0. The Morgan fingerprint density at radius 1 is 1.19 bits per heavy atom. The number of hydrogen-bond donors (Lipinski definition) is 2. The summed E-state index contributed by atoms with van der Waals surface area (Å²) in [6.07, 6.45) is -0.233. The van der Waals surface area contributed by atoms with Crippen LogP contribution < -0.4 is 11.5 Å². The lowest BCUT2D eigenvalue weighted by Gasteiger charge is -2.31. The Bertz CT molecular complexity index is 1160. The first kappa shape index (κ1) is 27.0. The van der Waals surface area contributed by atoms with Crippen molar-refractivity contribution in [2.45, 2.75) is 83.5 Å². The summed E-state index contributed by atoms with van der Waals surface area (Å²) in [5.74, 6) is -2.28. The van der Waals surface area contributed by atoms with E-state index in [0.717, 1.165) is 0 Å². The highest BCUT2D eigenvalue weighted by Gasteiger charge is 2.46. The maximum absolute atomic E-state index is 13.8. The average molecular weight is 524 g/mol. The molecule has 1 unspecified atom stereocenters. The molecule has 1 aromatic heterocycles. The van der Waals surface area contributed by atoms with Crippen LogP contribution in [0, 0.1) is 11.3 Å². The normalized spacial score (nSPS) is 27.0. The third kappa shape index (κ3) is 5.78. The minimum Gasteiger partial charge on any atom is -0.461 e. The van der Waals surface area contributed by atoms with Gasteiger partial charge in [0.05, 0.1) is 29.8 Å². The molecule has 0 radical (unpaired) electrons. The van der Waals surface area contributed by atoms with Crippen LogP contribution in [0.15, 0.2) is 11.1 Å². The number of primary amides is 1. The average Bonchev–Trinajstić information content (AvgIpc) is 3.19. The molecule has 0 spiro atoms. The molecule has 0 saturated heterocycles. The van der Waals surface area contributed by atoms with E-state index >= 15 is 0 Å². The highest BCUT2D eigenvalue weighted by Crippen LogP contribution is 2.42. The molecule has 1 heterocycles. The molecule has 37 heavy (non-hydrogen) atoms. The highest BCUT2D eigenvalue weighted by molar-refractivity contribution is 6.12. The summed E-state index contributed by atoms with van der Waals surface area (Å²) in [4.78, 5) is 41.2. The number of rotatable bonds is 5. The van der Waals surface area contributed by atoms with E-state index in [1.807, 2.05) is 13.8 Å². The highest BCUT2D eigenvalue weighted by atomic mass is 19.4. The molecule has 1 atom stereocenters. The van der Waals surface area contributed by atoms with Gasteiger partial charge in [0.1, 0.15) is 6.10 Å². The summed E-state index contributed by atoms with van der Waals surface area (Å²) in [5.41, 5.74) is 9.95. The number of amides is 1. The smallest absolute Gasteiger partial charge is 0.435 e. The zero-order valence-electron chi connectivity index (χ0n) is 20.9. The SMILES string of the molecule is CC1(C)CC(=O)c2c(C(F)(F)F)nn(C3=CC(=NC4CCC(OC(=O)CN)CC4)C(C(N)=O)CC3)c2C1. The van der Waals surface area contributed by atoms with E-state index < -0.39 is 40.9 Å². The van der Waals surface area contributed by atoms with Gasteiger partial charge >= 0.3 is 12.1 Å². The third-order valence-corrected chi connectivity index (χ3v) is 7.23. The van der Waals surface area contributed by atoms with Crippen molar-refractivity contribution in [3.63, 3.8) is 0 Å². The number of carbonyl (C=O) groups is 3. The number of hydrogen-bond acceptors (Lipinski definition) is 7. The second-order valence-electron chi connectivity index (χ2n) is 10.8. The molecular formula is C25H32F3N5O4. The van der Waals surface area contributed by atoms with Crippen LogP contribution in [0.4, 0.5) is 13.2 Å². The Balaban J connectivity index is 1.68. The van der Waals surface area contributed by atoms with Crippen LogP contribution in [0.25, 0.3) is 5.70 Å². The maximum atomic E-state index is 13.8. The van der Waals surface area contributed by atoms with Gasteiger partial charge in [-0.25, -0.2) is 4.68 Å². The summed E-state index contributed by atoms with van der Waals surface area (Å²) in [6.45, 7) is 3.49. The van der Waals surface area contributed by atoms with Crippen LogP contribution in [0.5, 0.6) is 0 Å². The number of carbonyl (C=O) groups excluding carboxylic acids is 3. The fourth-order valence-electron chi connectivity index (χ4n) is 5.49. The number of Topliss-reactive ketones (excluding diaryl/α,β-unsaturated/α-hetero) is 1. The lowest BCUT2D eigenvalue weighted by Crippen LogP contribution is -2.34. The molecular weight excluding hydrogens is 491 g/mol. The van der Waals surface area contributed by atoms with Gasteiger partial charge in [0.2, 0.25) is 5.91 Å². The van der Waals surface area contributed by atoms with Gasteiger partial charge in [0.15, 0.2) is 11.5 Å². The molecule has 1 aromatic rings. The zero-order valence-corrected chi connectivity index (χ0v) is 20.9. The van der Waals surface area contributed by atoms with Gasteiger partial charge in [-0.15, -0.1) is 0 Å². The number of aliphatic imine (C=N–C) groups is 1. The fraction of sp³-hybridized carbons (Fsp3) is 0.640. The standard InChI is InChI=1S/C25H32F3N5O4/c1-24(2)10-18-21(19(34)11-24)22(25(26,27)28)32-33(18)14-5-8-16(23(30)36)17(9-14)31-13-3-6-15(7-4-13)37-20(35)12-29/h9,13,15-16H,3-8,10-12,29H2,1-2H3,(H2,30,36). The second kappa shape index (κ2) is 10.0. The van der Waals surface area contributed by atoms with E-state index in [1.165, 1.54) is 4.68 Å². The summed E-state index contributed by atoms with van der Waals surface area (Å²) in [7, 11) is 0. The topological polar surface area (TPSA) is 143 Å². The third-order valence-electron chi connectivity index (χ3n) is 7.23. The number of fused-ring (bicyclic) bond motifs is 1. The molecule has 0 bridgehead atoms. The first-order chi connectivity index (χ1) is 17.3. The van der Waals surface area contributed by atoms with Crippen LogP contribution in [0.1, 0.15) is 80.5 Å². The number of ether oxygens (including phenoxy) is 1. The van der Waals surface area contributed by atoms with E-state index in [4.69, 9.17) is 21.2 Å². The van der Waals surface area contributed by atoms with E-state index in [1.54, 1.807) is 6.08 Å². The largest absolute Gasteiger partial charge is 0.461 e. The van der Waals surface area contributed by atoms with E-state index in [0.29, 0.717) is 37.1 Å². The number of aromatic nitrogens is 2. The molecule has 1 amide bonds. The quantitative estimate of drug-likeness (QED) is 0.568. The Morgan fingerprint density at radius 3 is 2.46 bits per heavy atom. The van der Waals surface area contributed by atoms with Gasteiger partial charge in [-0.2, -0.15) is 18.3 Å². The monoisotopic (exact) mass is 523 g/mol. The number of ketones is 1. The van der Waals surface area contributed by atoms with Crippen LogP contribution in [0.2, 0.25) is 0 Å². The van der Waals surface area contributed by atoms with Crippen molar-refractivity contribution >= 4 is 29.1 Å². The van der Waals surface area contributed by atoms with Crippen LogP contribution in [-0.4, -0.2) is 51.8 Å². The van der Waals surface area contributed by atoms with Crippen molar-refractivity contribution < 1.29 is 32.3 Å². The molecule has 1 fully saturated rings. The van der Waals surface area contributed by atoms with Gasteiger partial charge in [-0.3, -0.25) is 19.4 Å². The Labute approximate surface area is 212 Å². The number of nitrogens with zero attached hydrogens (tertiary/aromatic N) is 3. The summed E-state index contributed by atoms with van der Waals surface area (Å²) in [6, 6.07) is -0.155. The second-order valence-corrected chi connectivity index (χ2v) is 10.8. The summed E-state index contributed by atoms with van der Waals surface area (Å²) >= 11 is 0. The number of allylic oxidation sites excluding steroid dienone is 2. The van der Waals surface area contributed by atoms with E-state index in [-0.39, 0.29) is 55.6 Å². The van der Waals surface area contributed by atoms with Crippen molar-refractivity contribution in [2.75, 3.05) is 6.54 Å². The minimum absolute atomic E-state index is 0.00748. The lowest BCUT2D eigenvalue weighted by molar-refractivity contribution is -0.148. The molecule has 0 aliphatic heterocycles. The Kier molecular flexibility index (Phi) is 7.33. The minimum atomic E-state index is -4.78. The first-order valence-corrected chi connectivity index (χ1v) is 12.5. The molecule has 4 N–H and O–H groups in total. The molecule has 12 heteroatoms. The number of nitrogens with two attached hydrogens (primary N) is 2. The van der Waals surface area contributed by atoms with Gasteiger partial charge in [-0.1, -0.05) is 13.8 Å². The fourth-order valence-corrected chi connectivity index (χ4v) is 5.49. The zero-order chi connectivity index (χ0) is 27.1. The van der Waals surface area contributed by atoms with Crippen LogP contribution in [0.3, 0.4) is 0 Å². The molecule has 9 nitrogen and oxygen atoms in total. The van der Waals surface area contributed by atoms with Crippen LogP contribution in [-0.2, 0) is 26.9 Å². The van der Waals surface area contributed by atoms with Crippen molar-refractivity contribution in [3.05, 3.63) is 23.0 Å². The van der Waals surface area contributed by atoms with Gasteiger partial charge in [0, 0.05) is 17.8 Å².